The van der Waals surface area contributed by atoms with Crippen LogP contribution in [0.5, 0.6) is 0 Å². The lowest BCUT2D eigenvalue weighted by atomic mass is 10.1. The molecule has 0 fully saturated rings. The van der Waals surface area contributed by atoms with Gasteiger partial charge in [0.15, 0.2) is 0 Å². The zero-order valence-corrected chi connectivity index (χ0v) is 9.17. The van der Waals surface area contributed by atoms with Gasteiger partial charge in [-0.2, -0.15) is 0 Å². The van der Waals surface area contributed by atoms with E-state index in [-0.39, 0.29) is 0 Å². The smallest absolute Gasteiger partial charge is 0.0192 e. The maximum absolute atomic E-state index is 5.64. The van der Waals surface area contributed by atoms with Crippen LogP contribution in [0.25, 0.3) is 0 Å². The van der Waals surface area contributed by atoms with Crippen molar-refractivity contribution in [2.45, 2.75) is 46.7 Å². The fourth-order valence-corrected chi connectivity index (χ4v) is 1.46. The summed E-state index contributed by atoms with van der Waals surface area (Å²) in [6.45, 7) is 13.1. The van der Waals surface area contributed by atoms with Crippen molar-refractivity contribution in [2.24, 2.45) is 11.7 Å². The van der Waals surface area contributed by atoms with E-state index in [9.17, 15) is 0 Å². The van der Waals surface area contributed by atoms with Crippen LogP contribution in [0, 0.1) is 5.92 Å². The maximum atomic E-state index is 5.64. The van der Waals surface area contributed by atoms with E-state index in [1.54, 1.807) is 0 Å². The first-order valence-electron chi connectivity index (χ1n) is 4.94. The van der Waals surface area contributed by atoms with Gasteiger partial charge in [0.05, 0.1) is 0 Å². The predicted molar refractivity (Wildman–Crippen MR) is 55.2 cm³/mol. The molecule has 0 saturated heterocycles. The quantitative estimate of drug-likeness (QED) is 0.684. The van der Waals surface area contributed by atoms with Crippen LogP contribution in [0.2, 0.25) is 0 Å². The number of rotatable bonds is 5. The molecule has 1 atom stereocenters. The Morgan fingerprint density at radius 3 is 1.83 bits per heavy atom. The van der Waals surface area contributed by atoms with Gasteiger partial charge in [-0.05, 0) is 26.7 Å². The highest BCUT2D eigenvalue weighted by atomic mass is 15.2. The third-order valence-electron chi connectivity index (χ3n) is 2.15. The van der Waals surface area contributed by atoms with Crippen molar-refractivity contribution in [3.63, 3.8) is 0 Å². The molecule has 2 heteroatoms. The molecule has 2 nitrogen and oxygen atoms in total. The first-order valence-corrected chi connectivity index (χ1v) is 4.94. The van der Waals surface area contributed by atoms with Crippen molar-refractivity contribution in [1.29, 1.82) is 0 Å². The van der Waals surface area contributed by atoms with Gasteiger partial charge >= 0.3 is 0 Å². The Hall–Kier alpha value is -0.0800. The monoisotopic (exact) mass is 172 g/mol. The molecule has 0 amide bonds. The summed E-state index contributed by atoms with van der Waals surface area (Å²) in [5, 5.41) is 0. The van der Waals surface area contributed by atoms with Crippen LogP contribution in [-0.2, 0) is 0 Å². The van der Waals surface area contributed by atoms with Gasteiger partial charge in [0.2, 0.25) is 0 Å². The highest BCUT2D eigenvalue weighted by molar-refractivity contribution is 4.72. The molecule has 0 spiro atoms. The second kappa shape index (κ2) is 5.55. The minimum atomic E-state index is 0.507. The zero-order chi connectivity index (χ0) is 9.72. The van der Waals surface area contributed by atoms with E-state index in [4.69, 9.17) is 5.73 Å². The largest absolute Gasteiger partial charge is 0.329 e. The van der Waals surface area contributed by atoms with Crippen molar-refractivity contribution in [3.8, 4) is 0 Å². The van der Waals surface area contributed by atoms with E-state index < -0.39 is 0 Å². The van der Waals surface area contributed by atoms with Gasteiger partial charge in [0, 0.05) is 25.2 Å². The Balaban J connectivity index is 4.03. The van der Waals surface area contributed by atoms with Crippen LogP contribution in [-0.4, -0.2) is 30.1 Å². The average Bonchev–Trinajstić information content (AvgIpc) is 1.98. The predicted octanol–water partition coefficient (Wildman–Crippen LogP) is 1.70. The van der Waals surface area contributed by atoms with Gasteiger partial charge in [-0.1, -0.05) is 13.8 Å². The van der Waals surface area contributed by atoms with Crippen LogP contribution < -0.4 is 5.73 Å². The molecule has 0 radical (unpaired) electrons. The summed E-state index contributed by atoms with van der Waals surface area (Å²) in [7, 11) is 0. The summed E-state index contributed by atoms with van der Waals surface area (Å²) < 4.78 is 0. The molecule has 0 aliphatic carbocycles. The summed E-state index contributed by atoms with van der Waals surface area (Å²) in [5.41, 5.74) is 5.64. The lowest BCUT2D eigenvalue weighted by Gasteiger charge is -2.33. The Labute approximate surface area is 77.1 Å². The van der Waals surface area contributed by atoms with Gasteiger partial charge in [0.25, 0.3) is 0 Å². The molecule has 2 N–H and O–H groups in total. The van der Waals surface area contributed by atoms with E-state index in [2.05, 4.69) is 39.5 Å². The molecule has 1 unspecified atom stereocenters. The average molecular weight is 172 g/mol. The summed E-state index contributed by atoms with van der Waals surface area (Å²) in [4.78, 5) is 2.46. The van der Waals surface area contributed by atoms with E-state index in [0.29, 0.717) is 12.1 Å². The van der Waals surface area contributed by atoms with E-state index in [1.165, 1.54) is 0 Å². The standard InChI is InChI=1S/C10H24N2/c1-8(2)7-12(9(3)4)10(5)6-11/h8-10H,6-7,11H2,1-5H3. The molecule has 0 aromatic carbocycles. The molecular formula is C10H24N2. The van der Waals surface area contributed by atoms with Gasteiger partial charge in [-0.3, -0.25) is 4.90 Å². The molecule has 12 heavy (non-hydrogen) atoms. The van der Waals surface area contributed by atoms with Crippen LogP contribution in [0.15, 0.2) is 0 Å². The third-order valence-corrected chi connectivity index (χ3v) is 2.15. The molecule has 0 bridgehead atoms. The minimum absolute atomic E-state index is 0.507. The van der Waals surface area contributed by atoms with Crippen LogP contribution in [0.4, 0.5) is 0 Å². The summed E-state index contributed by atoms with van der Waals surface area (Å²) in [6.07, 6.45) is 0. The van der Waals surface area contributed by atoms with Gasteiger partial charge < -0.3 is 5.73 Å². The third kappa shape index (κ3) is 4.07. The molecule has 0 aromatic heterocycles. The SMILES string of the molecule is CC(C)CN(C(C)C)C(C)CN. The van der Waals surface area contributed by atoms with Crippen molar-refractivity contribution in [2.75, 3.05) is 13.1 Å². The van der Waals surface area contributed by atoms with Gasteiger partial charge in [-0.25, -0.2) is 0 Å². The maximum Gasteiger partial charge on any atom is 0.0192 e. The number of hydrogen-bond acceptors (Lipinski definition) is 2. The molecule has 0 aliphatic rings. The molecule has 0 saturated carbocycles. The first kappa shape index (κ1) is 11.9. The Morgan fingerprint density at radius 2 is 1.58 bits per heavy atom. The van der Waals surface area contributed by atoms with Crippen LogP contribution in [0.1, 0.15) is 34.6 Å². The second-order valence-electron chi connectivity index (χ2n) is 4.27. The van der Waals surface area contributed by atoms with E-state index in [1.807, 2.05) is 0 Å². The molecule has 74 valence electrons. The fourth-order valence-electron chi connectivity index (χ4n) is 1.46. The minimum Gasteiger partial charge on any atom is -0.329 e. The van der Waals surface area contributed by atoms with Crippen molar-refractivity contribution in [3.05, 3.63) is 0 Å². The Kier molecular flexibility index (Phi) is 5.51. The number of nitrogens with zero attached hydrogens (tertiary/aromatic N) is 1. The molecule has 0 rings (SSSR count). The highest BCUT2D eigenvalue weighted by Gasteiger charge is 2.16. The van der Waals surface area contributed by atoms with Crippen molar-refractivity contribution in [1.82, 2.24) is 4.90 Å². The summed E-state index contributed by atoms with van der Waals surface area (Å²) >= 11 is 0. The normalized spacial score (nSPS) is 14.8. The van der Waals surface area contributed by atoms with E-state index in [0.717, 1.165) is 19.0 Å². The molecule has 0 aromatic rings. The van der Waals surface area contributed by atoms with E-state index >= 15 is 0 Å². The van der Waals surface area contributed by atoms with Crippen molar-refractivity contribution >= 4 is 0 Å². The highest BCUT2D eigenvalue weighted by Crippen LogP contribution is 2.07. The fraction of sp³-hybridized carbons (Fsp3) is 1.00. The first-order chi connectivity index (χ1) is 5.49. The Bertz CT molecular complexity index is 110. The number of hydrogen-bond donors (Lipinski definition) is 1. The van der Waals surface area contributed by atoms with Crippen LogP contribution >= 0.6 is 0 Å². The topological polar surface area (TPSA) is 29.3 Å². The lowest BCUT2D eigenvalue weighted by Crippen LogP contribution is -2.44. The lowest BCUT2D eigenvalue weighted by molar-refractivity contribution is 0.148. The number of nitrogens with two attached hydrogens (primary N) is 1. The molecular weight excluding hydrogens is 148 g/mol. The summed E-state index contributed by atoms with van der Waals surface area (Å²) in [5.74, 6) is 0.724. The molecule has 0 aliphatic heterocycles. The zero-order valence-electron chi connectivity index (χ0n) is 9.17. The van der Waals surface area contributed by atoms with Gasteiger partial charge in [-0.15, -0.1) is 0 Å². The van der Waals surface area contributed by atoms with Crippen molar-refractivity contribution < 1.29 is 0 Å². The van der Waals surface area contributed by atoms with Gasteiger partial charge in [0.1, 0.15) is 0 Å². The second-order valence-corrected chi connectivity index (χ2v) is 4.27. The summed E-state index contributed by atoms with van der Waals surface area (Å²) in [6, 6.07) is 1.11. The Morgan fingerprint density at radius 1 is 1.08 bits per heavy atom. The van der Waals surface area contributed by atoms with Crippen LogP contribution in [0.3, 0.4) is 0 Å². The molecule has 0 heterocycles.